The van der Waals surface area contributed by atoms with Gasteiger partial charge in [-0.2, -0.15) is 0 Å². The molecule has 0 amide bonds. The van der Waals surface area contributed by atoms with Crippen molar-refractivity contribution in [3.8, 4) is 0 Å². The Labute approximate surface area is 93.1 Å². The quantitative estimate of drug-likeness (QED) is 0.589. The summed E-state index contributed by atoms with van der Waals surface area (Å²) in [7, 11) is 0. The third kappa shape index (κ3) is 2.86. The van der Waals surface area contributed by atoms with Gasteiger partial charge in [0, 0.05) is 6.61 Å². The molecule has 0 saturated carbocycles. The molecule has 3 N–H and O–H groups in total. The van der Waals surface area contributed by atoms with Crippen molar-refractivity contribution in [3.63, 3.8) is 0 Å². The van der Waals surface area contributed by atoms with Gasteiger partial charge in [0.2, 0.25) is 5.76 Å². The molecule has 1 heterocycles. The van der Waals surface area contributed by atoms with Gasteiger partial charge >= 0.3 is 5.97 Å². The second-order valence-electron chi connectivity index (χ2n) is 4.06. The Morgan fingerprint density at radius 3 is 2.44 bits per heavy atom. The molecule has 0 aromatic rings. The third-order valence-electron chi connectivity index (χ3n) is 2.03. The summed E-state index contributed by atoms with van der Waals surface area (Å²) in [5.41, 5.74) is 0. The average Bonchev–Trinajstić information content (AvgIpc) is 2.45. The first kappa shape index (κ1) is 12.8. The number of esters is 1. The number of aliphatic hydroxyl groups is 3. The molecule has 0 unspecified atom stereocenters. The predicted molar refractivity (Wildman–Crippen MR) is 53.8 cm³/mol. The SMILES string of the molecule is CC(C)COC[C@@H](O)[C@H]1OC(=O)C(O)=C1O. The summed E-state index contributed by atoms with van der Waals surface area (Å²) in [6.07, 6.45) is -2.42. The number of rotatable bonds is 5. The Kier molecular flexibility index (Phi) is 4.14. The molecule has 1 aliphatic heterocycles. The van der Waals surface area contributed by atoms with E-state index < -0.39 is 29.7 Å². The highest BCUT2D eigenvalue weighted by Crippen LogP contribution is 2.21. The second kappa shape index (κ2) is 5.18. The first-order chi connectivity index (χ1) is 7.43. The average molecular weight is 232 g/mol. The zero-order valence-electron chi connectivity index (χ0n) is 9.21. The monoisotopic (exact) mass is 232 g/mol. The minimum absolute atomic E-state index is 0.0759. The molecule has 6 heteroatoms. The Morgan fingerprint density at radius 2 is 2.00 bits per heavy atom. The van der Waals surface area contributed by atoms with Gasteiger partial charge in [-0.3, -0.25) is 0 Å². The molecule has 2 atom stereocenters. The number of cyclic esters (lactones) is 1. The van der Waals surface area contributed by atoms with E-state index in [1.165, 1.54) is 0 Å². The molecule has 0 bridgehead atoms. The Bertz CT molecular complexity index is 296. The van der Waals surface area contributed by atoms with E-state index in [-0.39, 0.29) is 6.61 Å². The van der Waals surface area contributed by atoms with Gasteiger partial charge in [0.25, 0.3) is 0 Å². The van der Waals surface area contributed by atoms with Crippen molar-refractivity contribution in [2.24, 2.45) is 5.92 Å². The molecule has 0 saturated heterocycles. The molecule has 0 aliphatic carbocycles. The highest BCUT2D eigenvalue weighted by Gasteiger charge is 2.39. The molecular formula is C10H16O6. The summed E-state index contributed by atoms with van der Waals surface area (Å²) in [5, 5.41) is 27.8. The van der Waals surface area contributed by atoms with E-state index in [1.807, 2.05) is 13.8 Å². The van der Waals surface area contributed by atoms with Gasteiger partial charge in [0.15, 0.2) is 11.9 Å². The fourth-order valence-electron chi connectivity index (χ4n) is 1.24. The standard InChI is InChI=1S/C10H16O6/c1-5(2)3-15-4-6(11)9-7(12)8(13)10(14)16-9/h5-6,9,11-13H,3-4H2,1-2H3/t6-,9-/m1/s1. The number of ether oxygens (including phenoxy) is 2. The molecule has 0 fully saturated rings. The lowest BCUT2D eigenvalue weighted by Crippen LogP contribution is -2.33. The van der Waals surface area contributed by atoms with Gasteiger partial charge in [-0.1, -0.05) is 13.8 Å². The fourth-order valence-corrected chi connectivity index (χ4v) is 1.24. The highest BCUT2D eigenvalue weighted by atomic mass is 16.6. The zero-order chi connectivity index (χ0) is 12.3. The number of hydrogen-bond acceptors (Lipinski definition) is 6. The van der Waals surface area contributed by atoms with Gasteiger partial charge in [-0.25, -0.2) is 4.79 Å². The van der Waals surface area contributed by atoms with Crippen LogP contribution in [0.15, 0.2) is 11.5 Å². The molecular weight excluding hydrogens is 216 g/mol. The highest BCUT2D eigenvalue weighted by molar-refractivity contribution is 5.89. The van der Waals surface area contributed by atoms with Crippen LogP contribution in [-0.4, -0.2) is 46.7 Å². The van der Waals surface area contributed by atoms with Crippen molar-refractivity contribution in [1.82, 2.24) is 0 Å². The lowest BCUT2D eigenvalue weighted by Gasteiger charge is -2.17. The molecule has 6 nitrogen and oxygen atoms in total. The summed E-state index contributed by atoms with van der Waals surface area (Å²) in [4.78, 5) is 10.8. The van der Waals surface area contributed by atoms with Gasteiger partial charge in [-0.15, -0.1) is 0 Å². The van der Waals surface area contributed by atoms with E-state index in [0.29, 0.717) is 12.5 Å². The maximum Gasteiger partial charge on any atom is 0.377 e. The van der Waals surface area contributed by atoms with Crippen LogP contribution in [0.1, 0.15) is 13.8 Å². The number of carbonyl (C=O) groups is 1. The maximum absolute atomic E-state index is 10.8. The summed E-state index contributed by atoms with van der Waals surface area (Å²) < 4.78 is 9.69. The summed E-state index contributed by atoms with van der Waals surface area (Å²) in [6, 6.07) is 0. The van der Waals surface area contributed by atoms with Crippen LogP contribution in [0, 0.1) is 5.92 Å². The van der Waals surface area contributed by atoms with E-state index >= 15 is 0 Å². The zero-order valence-corrected chi connectivity index (χ0v) is 9.21. The van der Waals surface area contributed by atoms with E-state index in [1.54, 1.807) is 0 Å². The Balaban J connectivity index is 2.44. The van der Waals surface area contributed by atoms with Crippen LogP contribution in [0.3, 0.4) is 0 Å². The van der Waals surface area contributed by atoms with Crippen LogP contribution >= 0.6 is 0 Å². The van der Waals surface area contributed by atoms with Crippen molar-refractivity contribution >= 4 is 5.97 Å². The van der Waals surface area contributed by atoms with Crippen LogP contribution in [0.5, 0.6) is 0 Å². The Morgan fingerprint density at radius 1 is 1.38 bits per heavy atom. The molecule has 1 rings (SSSR count). The first-order valence-electron chi connectivity index (χ1n) is 5.02. The van der Waals surface area contributed by atoms with Crippen LogP contribution in [0.4, 0.5) is 0 Å². The largest absolute Gasteiger partial charge is 0.505 e. The molecule has 0 aromatic heterocycles. The number of carbonyl (C=O) groups excluding carboxylic acids is 1. The fraction of sp³-hybridized carbons (Fsp3) is 0.700. The van der Waals surface area contributed by atoms with Crippen LogP contribution < -0.4 is 0 Å². The first-order valence-corrected chi connectivity index (χ1v) is 5.02. The van der Waals surface area contributed by atoms with Gasteiger partial charge < -0.3 is 24.8 Å². The summed E-state index contributed by atoms with van der Waals surface area (Å²) in [6.45, 7) is 4.28. The molecule has 0 spiro atoms. The topological polar surface area (TPSA) is 96.2 Å². The summed E-state index contributed by atoms with van der Waals surface area (Å²) >= 11 is 0. The van der Waals surface area contributed by atoms with Crippen LogP contribution in [0.25, 0.3) is 0 Å². The molecule has 1 aliphatic rings. The second-order valence-corrected chi connectivity index (χ2v) is 4.06. The van der Waals surface area contributed by atoms with Crippen molar-refractivity contribution in [2.75, 3.05) is 13.2 Å². The molecule has 0 radical (unpaired) electrons. The Hall–Kier alpha value is -1.27. The van der Waals surface area contributed by atoms with Crippen molar-refractivity contribution in [3.05, 3.63) is 11.5 Å². The van der Waals surface area contributed by atoms with Crippen molar-refractivity contribution in [2.45, 2.75) is 26.1 Å². The number of aliphatic hydroxyl groups excluding tert-OH is 3. The lowest BCUT2D eigenvalue weighted by molar-refractivity contribution is -0.148. The number of hydrogen-bond donors (Lipinski definition) is 3. The minimum atomic E-state index is -1.24. The smallest absolute Gasteiger partial charge is 0.377 e. The van der Waals surface area contributed by atoms with Gasteiger partial charge in [0.1, 0.15) is 6.10 Å². The van der Waals surface area contributed by atoms with E-state index in [9.17, 15) is 15.0 Å². The summed E-state index contributed by atoms with van der Waals surface area (Å²) in [5.74, 6) is -2.22. The van der Waals surface area contributed by atoms with Crippen LogP contribution in [0.2, 0.25) is 0 Å². The maximum atomic E-state index is 10.8. The van der Waals surface area contributed by atoms with Crippen LogP contribution in [-0.2, 0) is 14.3 Å². The minimum Gasteiger partial charge on any atom is -0.505 e. The predicted octanol–water partition coefficient (Wildman–Crippen LogP) is 0.273. The van der Waals surface area contributed by atoms with E-state index in [2.05, 4.69) is 4.74 Å². The van der Waals surface area contributed by atoms with E-state index in [0.717, 1.165) is 0 Å². The van der Waals surface area contributed by atoms with Crippen molar-refractivity contribution in [1.29, 1.82) is 0 Å². The normalized spacial score (nSPS) is 22.8. The molecule has 0 aromatic carbocycles. The van der Waals surface area contributed by atoms with E-state index in [4.69, 9.17) is 9.84 Å². The van der Waals surface area contributed by atoms with Crippen molar-refractivity contribution < 1.29 is 29.6 Å². The molecule has 92 valence electrons. The molecule has 16 heavy (non-hydrogen) atoms. The lowest BCUT2D eigenvalue weighted by atomic mass is 10.2. The third-order valence-corrected chi connectivity index (χ3v) is 2.03. The van der Waals surface area contributed by atoms with Gasteiger partial charge in [0.05, 0.1) is 6.61 Å². The van der Waals surface area contributed by atoms with Gasteiger partial charge in [-0.05, 0) is 5.92 Å².